The van der Waals surface area contributed by atoms with E-state index in [0.29, 0.717) is 36.5 Å². The molecule has 1 atom stereocenters. The molecule has 0 bridgehead atoms. The van der Waals surface area contributed by atoms with Crippen LogP contribution < -0.4 is 0 Å². The van der Waals surface area contributed by atoms with Crippen LogP contribution in [0.3, 0.4) is 0 Å². The molecule has 5 nitrogen and oxygen atoms in total. The molecule has 0 saturated carbocycles. The largest absolute Gasteiger partial charge is 0.457 e. The maximum Gasteiger partial charge on any atom is 0.311 e. The van der Waals surface area contributed by atoms with Gasteiger partial charge in [0.25, 0.3) is 0 Å². The molecule has 1 aliphatic heterocycles. The number of hydrogen-bond donors (Lipinski definition) is 0. The average Bonchev–Trinajstić information content (AvgIpc) is 2.59. The number of rotatable bonds is 5. The molecule has 23 heavy (non-hydrogen) atoms. The molecular weight excluding hydrogens is 318 g/mol. The molecule has 2 rings (SSSR count). The van der Waals surface area contributed by atoms with Crippen molar-refractivity contribution in [2.24, 2.45) is 5.92 Å². The fourth-order valence-corrected chi connectivity index (χ4v) is 2.72. The molecule has 1 heterocycles. The van der Waals surface area contributed by atoms with Gasteiger partial charge in [0.05, 0.1) is 5.92 Å². The monoisotopic (exact) mass is 337 g/mol. The van der Waals surface area contributed by atoms with Crippen molar-refractivity contribution in [2.75, 3.05) is 19.7 Å². The van der Waals surface area contributed by atoms with Crippen LogP contribution in [0.1, 0.15) is 36.5 Å². The molecule has 0 aromatic heterocycles. The van der Waals surface area contributed by atoms with Crippen molar-refractivity contribution in [2.45, 2.75) is 26.2 Å². The number of hydrogen-bond acceptors (Lipinski definition) is 4. The van der Waals surface area contributed by atoms with Crippen molar-refractivity contribution in [1.29, 1.82) is 0 Å². The second kappa shape index (κ2) is 8.11. The number of ether oxygens (including phenoxy) is 1. The summed E-state index contributed by atoms with van der Waals surface area (Å²) in [6, 6.07) is 6.43. The van der Waals surface area contributed by atoms with Crippen LogP contribution in [0.25, 0.3) is 0 Å². The Morgan fingerprint density at radius 3 is 2.61 bits per heavy atom. The average molecular weight is 338 g/mol. The molecular formula is C17H20ClNO4. The topological polar surface area (TPSA) is 63.7 Å². The highest BCUT2D eigenvalue weighted by atomic mass is 35.5. The number of piperidine rings is 1. The number of carbonyl (C=O) groups is 3. The van der Waals surface area contributed by atoms with Crippen molar-refractivity contribution in [3.63, 3.8) is 0 Å². The second-order valence-electron chi connectivity index (χ2n) is 5.57. The summed E-state index contributed by atoms with van der Waals surface area (Å²) >= 11 is 5.77. The van der Waals surface area contributed by atoms with Crippen LogP contribution in [-0.4, -0.2) is 42.3 Å². The number of carbonyl (C=O) groups excluding carboxylic acids is 3. The maximum atomic E-state index is 12.1. The van der Waals surface area contributed by atoms with Gasteiger partial charge in [-0.25, -0.2) is 0 Å². The van der Waals surface area contributed by atoms with Crippen LogP contribution in [0.2, 0.25) is 5.02 Å². The Hall–Kier alpha value is -1.88. The van der Waals surface area contributed by atoms with E-state index in [2.05, 4.69) is 0 Å². The van der Waals surface area contributed by atoms with Crippen LogP contribution in [-0.2, 0) is 14.3 Å². The van der Waals surface area contributed by atoms with Crippen LogP contribution in [0.5, 0.6) is 0 Å². The SMILES string of the molecule is CCC(=O)N1CCC[C@@H](C(=O)OCC(=O)c2ccc(Cl)cc2)C1. The van der Waals surface area contributed by atoms with Gasteiger partial charge in [-0.2, -0.15) is 0 Å². The van der Waals surface area contributed by atoms with Gasteiger partial charge in [-0.3, -0.25) is 14.4 Å². The van der Waals surface area contributed by atoms with Gasteiger partial charge in [0, 0.05) is 30.1 Å². The van der Waals surface area contributed by atoms with Crippen LogP contribution >= 0.6 is 11.6 Å². The summed E-state index contributed by atoms with van der Waals surface area (Å²) in [5, 5.41) is 0.543. The number of Topliss-reactive ketones (excluding diaryl/α,β-unsaturated/α-hetero) is 1. The third-order valence-corrected chi connectivity index (χ3v) is 4.17. The first-order valence-electron chi connectivity index (χ1n) is 7.74. The Balaban J connectivity index is 1.85. The second-order valence-corrected chi connectivity index (χ2v) is 6.01. The molecule has 124 valence electrons. The molecule has 6 heteroatoms. The maximum absolute atomic E-state index is 12.1. The van der Waals surface area contributed by atoms with Gasteiger partial charge in [0.1, 0.15) is 0 Å². The summed E-state index contributed by atoms with van der Waals surface area (Å²) in [6.45, 7) is 2.56. The van der Waals surface area contributed by atoms with E-state index in [-0.39, 0.29) is 24.2 Å². The van der Waals surface area contributed by atoms with Gasteiger partial charge in [-0.05, 0) is 37.1 Å². The van der Waals surface area contributed by atoms with E-state index >= 15 is 0 Å². The molecule has 0 aliphatic carbocycles. The molecule has 0 spiro atoms. The number of benzene rings is 1. The highest BCUT2D eigenvalue weighted by molar-refractivity contribution is 6.30. The smallest absolute Gasteiger partial charge is 0.311 e. The molecule has 1 amide bonds. The fraction of sp³-hybridized carbons (Fsp3) is 0.471. The first kappa shape index (κ1) is 17.5. The van der Waals surface area contributed by atoms with Gasteiger partial charge < -0.3 is 9.64 Å². The minimum atomic E-state index is -0.416. The van der Waals surface area contributed by atoms with Crippen LogP contribution in [0.15, 0.2) is 24.3 Å². The van der Waals surface area contributed by atoms with Crippen molar-refractivity contribution >= 4 is 29.3 Å². The number of nitrogens with zero attached hydrogens (tertiary/aromatic N) is 1. The highest BCUT2D eigenvalue weighted by Crippen LogP contribution is 2.19. The lowest BCUT2D eigenvalue weighted by Gasteiger charge is -2.31. The Morgan fingerprint density at radius 1 is 1.26 bits per heavy atom. The van der Waals surface area contributed by atoms with Gasteiger partial charge in [-0.1, -0.05) is 18.5 Å². The van der Waals surface area contributed by atoms with Crippen molar-refractivity contribution in [3.8, 4) is 0 Å². The third-order valence-electron chi connectivity index (χ3n) is 3.92. The number of esters is 1. The molecule has 1 aromatic carbocycles. The van der Waals surface area contributed by atoms with Crippen LogP contribution in [0.4, 0.5) is 0 Å². The van der Waals surface area contributed by atoms with E-state index in [4.69, 9.17) is 16.3 Å². The number of amides is 1. The Morgan fingerprint density at radius 2 is 1.96 bits per heavy atom. The molecule has 1 aliphatic rings. The fourth-order valence-electron chi connectivity index (χ4n) is 2.59. The predicted octanol–water partition coefficient (Wildman–Crippen LogP) is 2.71. The molecule has 0 radical (unpaired) electrons. The quantitative estimate of drug-likeness (QED) is 0.612. The number of likely N-dealkylation sites (tertiary alicyclic amines) is 1. The van der Waals surface area contributed by atoms with E-state index < -0.39 is 5.97 Å². The molecule has 1 fully saturated rings. The zero-order valence-electron chi connectivity index (χ0n) is 13.1. The van der Waals surface area contributed by atoms with Gasteiger partial charge in [-0.15, -0.1) is 0 Å². The first-order chi connectivity index (χ1) is 11.0. The van der Waals surface area contributed by atoms with E-state index in [0.717, 1.165) is 6.42 Å². The summed E-state index contributed by atoms with van der Waals surface area (Å²) in [7, 11) is 0. The highest BCUT2D eigenvalue weighted by Gasteiger charge is 2.29. The van der Waals surface area contributed by atoms with E-state index in [1.807, 2.05) is 0 Å². The number of ketones is 1. The van der Waals surface area contributed by atoms with Crippen molar-refractivity contribution < 1.29 is 19.1 Å². The Kier molecular flexibility index (Phi) is 6.16. The molecule has 1 saturated heterocycles. The van der Waals surface area contributed by atoms with E-state index in [1.165, 1.54) is 0 Å². The standard InChI is InChI=1S/C17H20ClNO4/c1-2-16(21)19-9-3-4-13(10-19)17(22)23-11-15(20)12-5-7-14(18)8-6-12/h5-8,13H,2-4,9-11H2,1H3/t13-/m1/s1. The Labute approximate surface area is 140 Å². The summed E-state index contributed by atoms with van der Waals surface area (Å²) in [5.74, 6) is -0.995. The third kappa shape index (κ3) is 4.79. The van der Waals surface area contributed by atoms with Crippen LogP contribution in [0, 0.1) is 5.92 Å². The van der Waals surface area contributed by atoms with E-state index in [9.17, 15) is 14.4 Å². The Bertz CT molecular complexity index is 585. The molecule has 0 N–H and O–H groups in total. The van der Waals surface area contributed by atoms with Crippen molar-refractivity contribution in [3.05, 3.63) is 34.9 Å². The zero-order valence-corrected chi connectivity index (χ0v) is 13.8. The normalized spacial score (nSPS) is 17.7. The van der Waals surface area contributed by atoms with Gasteiger partial charge in [0.15, 0.2) is 12.4 Å². The lowest BCUT2D eigenvalue weighted by Crippen LogP contribution is -2.42. The summed E-state index contributed by atoms with van der Waals surface area (Å²) in [4.78, 5) is 37.5. The van der Waals surface area contributed by atoms with Gasteiger partial charge in [0.2, 0.25) is 5.91 Å². The predicted molar refractivity (Wildman–Crippen MR) is 86.3 cm³/mol. The summed E-state index contributed by atoms with van der Waals surface area (Å²) in [6.07, 6.45) is 1.88. The first-order valence-corrected chi connectivity index (χ1v) is 8.12. The summed E-state index contributed by atoms with van der Waals surface area (Å²) < 4.78 is 5.13. The zero-order chi connectivity index (χ0) is 16.8. The molecule has 1 aromatic rings. The van der Waals surface area contributed by atoms with E-state index in [1.54, 1.807) is 36.1 Å². The van der Waals surface area contributed by atoms with Gasteiger partial charge >= 0.3 is 5.97 Å². The lowest BCUT2D eigenvalue weighted by atomic mass is 9.98. The minimum absolute atomic E-state index is 0.0414. The molecule has 0 unspecified atom stereocenters. The number of halogens is 1. The lowest BCUT2D eigenvalue weighted by molar-refractivity contribution is -0.150. The minimum Gasteiger partial charge on any atom is -0.457 e. The summed E-state index contributed by atoms with van der Waals surface area (Å²) in [5.41, 5.74) is 0.452. The van der Waals surface area contributed by atoms with Crippen molar-refractivity contribution in [1.82, 2.24) is 4.90 Å².